The highest BCUT2D eigenvalue weighted by Crippen LogP contribution is 2.64. The number of amides is 2. The second-order valence-corrected chi connectivity index (χ2v) is 11.9. The molecule has 2 bridgehead atoms. The molecule has 236 valence electrons. The van der Waals surface area contributed by atoms with Crippen molar-refractivity contribution in [3.63, 3.8) is 0 Å². The Morgan fingerprint density at radius 1 is 1.09 bits per heavy atom. The molecule has 3 fully saturated rings. The van der Waals surface area contributed by atoms with E-state index in [1.165, 1.54) is 0 Å². The number of methoxy groups -OCH3 is 1. The minimum Gasteiger partial charge on any atom is -0.497 e. The maximum Gasteiger partial charge on any atom is 0.312 e. The van der Waals surface area contributed by atoms with E-state index in [1.54, 1.807) is 35.1 Å². The zero-order valence-corrected chi connectivity index (χ0v) is 25.8. The molecule has 0 aliphatic carbocycles. The number of rotatable bonds is 18. The largest absolute Gasteiger partial charge is 0.497 e. The predicted molar refractivity (Wildman–Crippen MR) is 165 cm³/mol. The molecule has 0 saturated carbocycles. The van der Waals surface area contributed by atoms with E-state index in [4.69, 9.17) is 14.2 Å². The fourth-order valence-electron chi connectivity index (χ4n) is 7.36. The van der Waals surface area contributed by atoms with Gasteiger partial charge in [-0.3, -0.25) is 14.4 Å². The predicted octanol–water partition coefficient (Wildman–Crippen LogP) is 4.82. The Labute approximate surface area is 255 Å². The Balaban J connectivity index is 1.69. The van der Waals surface area contributed by atoms with Crippen molar-refractivity contribution in [2.75, 3.05) is 38.3 Å². The highest BCUT2D eigenvalue weighted by molar-refractivity contribution is 6.04. The Hall–Kier alpha value is -3.17. The van der Waals surface area contributed by atoms with Crippen molar-refractivity contribution in [3.05, 3.63) is 49.6 Å². The number of hydrogen-bond donors (Lipinski definition) is 1. The maximum atomic E-state index is 14.7. The summed E-state index contributed by atoms with van der Waals surface area (Å²) in [5.41, 5.74) is -1.30. The minimum absolute atomic E-state index is 0.123. The molecule has 4 rings (SSSR count). The van der Waals surface area contributed by atoms with Gasteiger partial charge in [0.2, 0.25) is 5.91 Å². The van der Waals surface area contributed by atoms with E-state index in [1.807, 2.05) is 25.1 Å². The van der Waals surface area contributed by atoms with Crippen molar-refractivity contribution in [2.24, 2.45) is 11.8 Å². The van der Waals surface area contributed by atoms with Crippen LogP contribution in [-0.2, 0) is 23.9 Å². The molecule has 9 heteroatoms. The summed E-state index contributed by atoms with van der Waals surface area (Å²) in [6.07, 6.45) is 10.6. The molecule has 9 nitrogen and oxygen atoms in total. The number of likely N-dealkylation sites (tertiary alicyclic amines) is 1. The number of anilines is 1. The first kappa shape index (κ1) is 32.7. The van der Waals surface area contributed by atoms with Crippen LogP contribution in [-0.4, -0.2) is 78.4 Å². The number of carbonyl (C=O) groups is 3. The number of benzene rings is 1. The summed E-state index contributed by atoms with van der Waals surface area (Å²) in [5, 5.41) is 9.20. The van der Waals surface area contributed by atoms with E-state index < -0.39 is 35.0 Å². The summed E-state index contributed by atoms with van der Waals surface area (Å²) < 4.78 is 18.0. The molecule has 1 spiro atoms. The van der Waals surface area contributed by atoms with E-state index in [-0.39, 0.29) is 31.6 Å². The lowest BCUT2D eigenvalue weighted by Crippen LogP contribution is -2.56. The molecule has 3 aliphatic heterocycles. The summed E-state index contributed by atoms with van der Waals surface area (Å²) in [7, 11) is 1.59. The number of fused-ring (bicyclic) bond motifs is 1. The molecule has 1 N–H and O–H groups in total. The number of ether oxygens (including phenoxy) is 3. The fourth-order valence-corrected chi connectivity index (χ4v) is 7.36. The topological polar surface area (TPSA) is 106 Å². The smallest absolute Gasteiger partial charge is 0.312 e. The van der Waals surface area contributed by atoms with Gasteiger partial charge in [0.25, 0.3) is 5.91 Å². The highest BCUT2D eigenvalue weighted by Gasteiger charge is 2.79. The third kappa shape index (κ3) is 6.25. The SMILES string of the molecule is C=CCCCCOC(=O)[C@H]1[C@H]2C(=O)N(CCCCCCO)C(C(=O)N(CC=C)c3ccc(OC)cc3)C23CC[C@]1(CC)O3. The van der Waals surface area contributed by atoms with Crippen LogP contribution in [0.5, 0.6) is 5.75 Å². The van der Waals surface area contributed by atoms with Crippen molar-refractivity contribution in [3.8, 4) is 5.75 Å². The van der Waals surface area contributed by atoms with Crippen LogP contribution >= 0.6 is 0 Å². The van der Waals surface area contributed by atoms with Crippen LogP contribution in [0.2, 0.25) is 0 Å². The van der Waals surface area contributed by atoms with Gasteiger partial charge in [0.1, 0.15) is 23.3 Å². The summed E-state index contributed by atoms with van der Waals surface area (Å²) in [6.45, 7) is 10.6. The first-order chi connectivity index (χ1) is 20.8. The van der Waals surface area contributed by atoms with Gasteiger partial charge in [-0.15, -0.1) is 13.2 Å². The number of aliphatic hydroxyl groups is 1. The van der Waals surface area contributed by atoms with Crippen molar-refractivity contribution in [1.82, 2.24) is 4.90 Å². The van der Waals surface area contributed by atoms with Gasteiger partial charge in [-0.1, -0.05) is 31.9 Å². The zero-order chi connectivity index (χ0) is 31.0. The van der Waals surface area contributed by atoms with E-state index in [0.717, 1.165) is 25.7 Å². The molecule has 2 amide bonds. The van der Waals surface area contributed by atoms with E-state index >= 15 is 0 Å². The number of aliphatic hydroxyl groups excluding tert-OH is 1. The first-order valence-corrected chi connectivity index (χ1v) is 15.8. The fraction of sp³-hybridized carbons (Fsp3) is 0.618. The third-order valence-electron chi connectivity index (χ3n) is 9.48. The van der Waals surface area contributed by atoms with Crippen LogP contribution in [0.4, 0.5) is 5.69 Å². The van der Waals surface area contributed by atoms with Gasteiger partial charge in [0.05, 0.1) is 25.2 Å². The number of allylic oxidation sites excluding steroid dienone is 1. The van der Waals surface area contributed by atoms with Gasteiger partial charge < -0.3 is 29.1 Å². The van der Waals surface area contributed by atoms with Crippen LogP contribution in [0.1, 0.15) is 71.1 Å². The van der Waals surface area contributed by atoms with Gasteiger partial charge in [0, 0.05) is 25.4 Å². The minimum atomic E-state index is -1.12. The Morgan fingerprint density at radius 2 is 1.84 bits per heavy atom. The number of unbranched alkanes of at least 4 members (excludes halogenated alkanes) is 5. The molecule has 3 aliphatic rings. The van der Waals surface area contributed by atoms with Gasteiger partial charge in [-0.2, -0.15) is 0 Å². The zero-order valence-electron chi connectivity index (χ0n) is 25.8. The van der Waals surface area contributed by atoms with Crippen LogP contribution < -0.4 is 9.64 Å². The van der Waals surface area contributed by atoms with Crippen molar-refractivity contribution in [2.45, 2.75) is 88.4 Å². The molecule has 5 atom stereocenters. The summed E-state index contributed by atoms with van der Waals surface area (Å²) in [5.74, 6) is -1.74. The molecule has 1 aromatic carbocycles. The number of esters is 1. The molecular weight excluding hydrogens is 548 g/mol. The van der Waals surface area contributed by atoms with Crippen LogP contribution in [0.25, 0.3) is 0 Å². The molecule has 3 saturated heterocycles. The first-order valence-electron chi connectivity index (χ1n) is 15.8. The average Bonchev–Trinajstić information content (AvgIpc) is 3.63. The Bertz CT molecular complexity index is 1150. The average molecular weight is 597 g/mol. The number of carbonyl (C=O) groups excluding carboxylic acids is 3. The maximum absolute atomic E-state index is 14.7. The van der Waals surface area contributed by atoms with E-state index in [2.05, 4.69) is 13.2 Å². The van der Waals surface area contributed by atoms with E-state index in [9.17, 15) is 19.5 Å². The molecule has 0 aromatic heterocycles. The summed E-state index contributed by atoms with van der Waals surface area (Å²) in [4.78, 5) is 46.1. The van der Waals surface area contributed by atoms with Crippen LogP contribution in [0, 0.1) is 11.8 Å². The standard InChI is InChI=1S/C34H48N2O7/c1-5-8-9-14-24-42-32(40)28-27-30(38)36(22-12-10-11-13-23-37)29(34(27)20-19-33(28,7-3)43-34)31(39)35(21-6-2)25-15-17-26(41-4)18-16-25/h5-6,15-18,27-29,37H,1-2,7-14,19-24H2,3-4H3/t27-,28+,29?,33-,34?/m0/s1. The summed E-state index contributed by atoms with van der Waals surface area (Å²) in [6, 6.07) is 6.34. The van der Waals surface area contributed by atoms with Crippen molar-refractivity contribution >= 4 is 23.5 Å². The van der Waals surface area contributed by atoms with Crippen molar-refractivity contribution in [1.29, 1.82) is 0 Å². The molecule has 1 aromatic rings. The van der Waals surface area contributed by atoms with Gasteiger partial charge >= 0.3 is 5.97 Å². The summed E-state index contributed by atoms with van der Waals surface area (Å²) >= 11 is 0. The highest BCUT2D eigenvalue weighted by atomic mass is 16.6. The third-order valence-corrected chi connectivity index (χ3v) is 9.48. The molecule has 3 heterocycles. The molecule has 0 radical (unpaired) electrons. The second-order valence-electron chi connectivity index (χ2n) is 11.9. The van der Waals surface area contributed by atoms with E-state index in [0.29, 0.717) is 56.5 Å². The van der Waals surface area contributed by atoms with Crippen LogP contribution in [0.15, 0.2) is 49.6 Å². The van der Waals surface area contributed by atoms with Gasteiger partial charge in [-0.25, -0.2) is 0 Å². The lowest BCUT2D eigenvalue weighted by Gasteiger charge is -2.37. The number of hydrogen-bond acceptors (Lipinski definition) is 7. The lowest BCUT2D eigenvalue weighted by molar-refractivity contribution is -0.161. The number of nitrogens with zero attached hydrogens (tertiary/aromatic N) is 2. The Morgan fingerprint density at radius 3 is 2.49 bits per heavy atom. The Kier molecular flexibility index (Phi) is 11.1. The quantitative estimate of drug-likeness (QED) is 0.147. The monoisotopic (exact) mass is 596 g/mol. The molecule has 43 heavy (non-hydrogen) atoms. The van der Waals surface area contributed by atoms with Gasteiger partial charge in [-0.05, 0) is 75.6 Å². The molecular formula is C34H48N2O7. The second kappa shape index (κ2) is 14.5. The molecule has 2 unspecified atom stereocenters. The normalized spacial score (nSPS) is 27.2. The van der Waals surface area contributed by atoms with Crippen LogP contribution in [0.3, 0.4) is 0 Å². The van der Waals surface area contributed by atoms with Gasteiger partial charge in [0.15, 0.2) is 0 Å². The lowest BCUT2D eigenvalue weighted by atomic mass is 9.65. The van der Waals surface area contributed by atoms with Crippen molar-refractivity contribution < 1.29 is 33.7 Å².